The molecule has 1 N–H and O–H groups in total. The van der Waals surface area contributed by atoms with Gasteiger partial charge < -0.3 is 9.84 Å². The molecule has 17 heavy (non-hydrogen) atoms. The molecule has 0 heterocycles. The first-order valence-electron chi connectivity index (χ1n) is 5.76. The van der Waals surface area contributed by atoms with Gasteiger partial charge in [0.05, 0.1) is 6.61 Å². The van der Waals surface area contributed by atoms with Crippen molar-refractivity contribution >= 4 is 0 Å². The van der Waals surface area contributed by atoms with Gasteiger partial charge in [0.2, 0.25) is 0 Å². The van der Waals surface area contributed by atoms with E-state index >= 15 is 0 Å². The fraction of sp³-hybridized carbons (Fsp3) is 0.538. The molecule has 96 valence electrons. The smallest absolute Gasteiger partial charge is 0.168 e. The third kappa shape index (κ3) is 4.30. The number of aliphatic hydroxyl groups is 1. The van der Waals surface area contributed by atoms with Crippen LogP contribution in [0.2, 0.25) is 0 Å². The Bertz CT molecular complexity index is 365. The summed E-state index contributed by atoms with van der Waals surface area (Å²) in [6, 6.07) is 2.00. The third-order valence-corrected chi connectivity index (χ3v) is 2.41. The Morgan fingerprint density at radius 2 is 2.00 bits per heavy atom. The summed E-state index contributed by atoms with van der Waals surface area (Å²) in [5.41, 5.74) is 0.369. The lowest BCUT2D eigenvalue weighted by Gasteiger charge is -2.13. The van der Waals surface area contributed by atoms with Gasteiger partial charge in [0.25, 0.3) is 0 Å². The maximum Gasteiger partial charge on any atom is 0.168 e. The van der Waals surface area contributed by atoms with Crippen LogP contribution in [0.25, 0.3) is 0 Å². The Morgan fingerprint density at radius 1 is 1.29 bits per heavy atom. The lowest BCUT2D eigenvalue weighted by atomic mass is 10.1. The fourth-order valence-electron chi connectivity index (χ4n) is 1.48. The van der Waals surface area contributed by atoms with Gasteiger partial charge in [-0.05, 0) is 24.8 Å². The molecule has 0 aliphatic rings. The summed E-state index contributed by atoms with van der Waals surface area (Å²) in [7, 11) is 0. The molecule has 0 radical (unpaired) electrons. The van der Waals surface area contributed by atoms with Crippen LogP contribution in [0.3, 0.4) is 0 Å². The standard InChI is InChI=1S/C13H18F2O2/c1-9(2)4-6-17-13-10(3-5-16)7-11(14)8-12(13)15/h7-9,16H,3-6H2,1-2H3. The molecule has 0 saturated heterocycles. The summed E-state index contributed by atoms with van der Waals surface area (Å²) in [6.07, 6.45) is 0.987. The Labute approximate surface area is 100 Å². The summed E-state index contributed by atoms with van der Waals surface area (Å²) < 4.78 is 31.9. The number of halogens is 2. The van der Waals surface area contributed by atoms with Crippen molar-refractivity contribution < 1.29 is 18.6 Å². The van der Waals surface area contributed by atoms with Crippen molar-refractivity contribution in [3.8, 4) is 5.75 Å². The Balaban J connectivity index is 2.80. The van der Waals surface area contributed by atoms with Gasteiger partial charge in [0, 0.05) is 18.2 Å². The molecular formula is C13H18F2O2. The minimum absolute atomic E-state index is 0.0566. The van der Waals surface area contributed by atoms with Crippen LogP contribution in [0.1, 0.15) is 25.8 Å². The third-order valence-electron chi connectivity index (χ3n) is 2.41. The van der Waals surface area contributed by atoms with Crippen molar-refractivity contribution in [2.75, 3.05) is 13.2 Å². The van der Waals surface area contributed by atoms with E-state index in [2.05, 4.69) is 0 Å². The number of aliphatic hydroxyl groups excluding tert-OH is 1. The zero-order chi connectivity index (χ0) is 12.8. The molecule has 1 aromatic carbocycles. The molecule has 0 aliphatic heterocycles. The number of hydrogen-bond acceptors (Lipinski definition) is 2. The van der Waals surface area contributed by atoms with Gasteiger partial charge in [-0.1, -0.05) is 13.8 Å². The van der Waals surface area contributed by atoms with E-state index in [9.17, 15) is 8.78 Å². The van der Waals surface area contributed by atoms with Gasteiger partial charge in [-0.15, -0.1) is 0 Å². The summed E-state index contributed by atoms with van der Waals surface area (Å²) >= 11 is 0. The van der Waals surface area contributed by atoms with Crippen LogP contribution >= 0.6 is 0 Å². The van der Waals surface area contributed by atoms with Crippen LogP contribution in [0.15, 0.2) is 12.1 Å². The van der Waals surface area contributed by atoms with Crippen molar-refractivity contribution in [3.05, 3.63) is 29.3 Å². The van der Waals surface area contributed by atoms with Gasteiger partial charge >= 0.3 is 0 Å². The molecule has 0 aromatic heterocycles. The average molecular weight is 244 g/mol. The predicted molar refractivity (Wildman–Crippen MR) is 62.1 cm³/mol. The molecule has 1 aromatic rings. The second-order valence-electron chi connectivity index (χ2n) is 4.38. The molecule has 1 rings (SSSR count). The van der Waals surface area contributed by atoms with Crippen LogP contribution in [0.4, 0.5) is 8.78 Å². The first-order chi connectivity index (χ1) is 8.04. The molecular weight excluding hydrogens is 226 g/mol. The fourth-order valence-corrected chi connectivity index (χ4v) is 1.48. The average Bonchev–Trinajstić information content (AvgIpc) is 2.21. The second-order valence-corrected chi connectivity index (χ2v) is 4.38. The molecule has 0 aliphatic carbocycles. The van der Waals surface area contributed by atoms with Crippen LogP contribution in [-0.2, 0) is 6.42 Å². The molecule has 2 nitrogen and oxygen atoms in total. The highest BCUT2D eigenvalue weighted by Crippen LogP contribution is 2.25. The van der Waals surface area contributed by atoms with Gasteiger partial charge in [-0.25, -0.2) is 8.78 Å². The Morgan fingerprint density at radius 3 is 2.59 bits per heavy atom. The highest BCUT2D eigenvalue weighted by Gasteiger charge is 2.12. The maximum atomic E-state index is 13.5. The van der Waals surface area contributed by atoms with E-state index in [1.807, 2.05) is 13.8 Å². The van der Waals surface area contributed by atoms with E-state index in [1.165, 1.54) is 6.07 Å². The molecule has 0 fully saturated rings. The second kappa shape index (κ2) is 6.55. The zero-order valence-electron chi connectivity index (χ0n) is 10.2. The molecule has 0 saturated carbocycles. The van der Waals surface area contributed by atoms with Gasteiger partial charge in [0.15, 0.2) is 11.6 Å². The van der Waals surface area contributed by atoms with Crippen LogP contribution in [0.5, 0.6) is 5.75 Å². The molecule has 0 bridgehead atoms. The van der Waals surface area contributed by atoms with E-state index in [0.717, 1.165) is 12.5 Å². The van der Waals surface area contributed by atoms with E-state index in [4.69, 9.17) is 9.84 Å². The number of rotatable bonds is 6. The van der Waals surface area contributed by atoms with Crippen LogP contribution in [-0.4, -0.2) is 18.3 Å². The van der Waals surface area contributed by atoms with E-state index < -0.39 is 11.6 Å². The van der Waals surface area contributed by atoms with Crippen molar-refractivity contribution in [1.29, 1.82) is 0 Å². The van der Waals surface area contributed by atoms with Crippen molar-refractivity contribution in [1.82, 2.24) is 0 Å². The maximum absolute atomic E-state index is 13.5. The van der Waals surface area contributed by atoms with E-state index in [-0.39, 0.29) is 18.8 Å². The van der Waals surface area contributed by atoms with Crippen molar-refractivity contribution in [3.63, 3.8) is 0 Å². The SMILES string of the molecule is CC(C)CCOc1c(F)cc(F)cc1CCO. The highest BCUT2D eigenvalue weighted by atomic mass is 19.1. The molecule has 4 heteroatoms. The molecule has 0 amide bonds. The largest absolute Gasteiger partial charge is 0.490 e. The minimum Gasteiger partial charge on any atom is -0.490 e. The van der Waals surface area contributed by atoms with E-state index in [1.54, 1.807) is 0 Å². The molecule has 0 unspecified atom stereocenters. The van der Waals surface area contributed by atoms with Gasteiger partial charge in [-0.2, -0.15) is 0 Å². The summed E-state index contributed by atoms with van der Waals surface area (Å²) in [4.78, 5) is 0. The number of ether oxygens (including phenoxy) is 1. The lowest BCUT2D eigenvalue weighted by molar-refractivity contribution is 0.265. The monoisotopic (exact) mass is 244 g/mol. The first-order valence-corrected chi connectivity index (χ1v) is 5.76. The Kier molecular flexibility index (Phi) is 5.35. The topological polar surface area (TPSA) is 29.5 Å². The molecule has 0 spiro atoms. The van der Waals surface area contributed by atoms with Crippen LogP contribution < -0.4 is 4.74 Å². The van der Waals surface area contributed by atoms with Crippen molar-refractivity contribution in [2.24, 2.45) is 5.92 Å². The van der Waals surface area contributed by atoms with Crippen molar-refractivity contribution in [2.45, 2.75) is 26.7 Å². The minimum atomic E-state index is -0.711. The Hall–Kier alpha value is -1.16. The van der Waals surface area contributed by atoms with Gasteiger partial charge in [0.1, 0.15) is 5.82 Å². The summed E-state index contributed by atoms with van der Waals surface area (Å²) in [6.45, 7) is 4.31. The first kappa shape index (κ1) is 13.9. The summed E-state index contributed by atoms with van der Waals surface area (Å²) in [5, 5.41) is 8.84. The normalized spacial score (nSPS) is 10.9. The predicted octanol–water partition coefficient (Wildman–Crippen LogP) is 2.92. The van der Waals surface area contributed by atoms with E-state index in [0.29, 0.717) is 18.1 Å². The number of hydrogen-bond donors (Lipinski definition) is 1. The molecule has 0 atom stereocenters. The zero-order valence-corrected chi connectivity index (χ0v) is 10.2. The summed E-state index contributed by atoms with van der Waals surface area (Å²) in [5.74, 6) is -0.847. The highest BCUT2D eigenvalue weighted by molar-refractivity contribution is 5.35. The van der Waals surface area contributed by atoms with Crippen LogP contribution in [0, 0.1) is 17.6 Å². The lowest BCUT2D eigenvalue weighted by Crippen LogP contribution is -2.06. The van der Waals surface area contributed by atoms with Gasteiger partial charge in [-0.3, -0.25) is 0 Å². The number of benzene rings is 1. The quantitative estimate of drug-likeness (QED) is 0.833.